The summed E-state index contributed by atoms with van der Waals surface area (Å²) < 4.78 is 5.39. The topological polar surface area (TPSA) is 26.3 Å². The average Bonchev–Trinajstić information content (AvgIpc) is 2.12. The Kier molecular flexibility index (Phi) is 1.61. The maximum Gasteiger partial charge on any atom is 0.172 e. The third kappa shape index (κ3) is 0.998. The van der Waals surface area contributed by atoms with E-state index in [-0.39, 0.29) is 11.7 Å². The summed E-state index contributed by atoms with van der Waals surface area (Å²) in [4.78, 5) is 11.5. The van der Waals surface area contributed by atoms with E-state index >= 15 is 0 Å². The molecule has 12 heavy (non-hydrogen) atoms. The minimum atomic E-state index is -0.0000926. The summed E-state index contributed by atoms with van der Waals surface area (Å²) >= 11 is 0. The van der Waals surface area contributed by atoms with Gasteiger partial charge in [-0.3, -0.25) is 4.79 Å². The van der Waals surface area contributed by atoms with Crippen LogP contribution < -0.4 is 4.74 Å². The Morgan fingerprint density at radius 1 is 1.42 bits per heavy atom. The summed E-state index contributed by atoms with van der Waals surface area (Å²) in [5.74, 6) is 0.914. The molecule has 0 N–H and O–H groups in total. The highest BCUT2D eigenvalue weighted by atomic mass is 16.5. The summed E-state index contributed by atoms with van der Waals surface area (Å²) in [6, 6.07) is 7.38. The molecule has 0 radical (unpaired) electrons. The molecule has 1 aromatic rings. The Balaban J connectivity index is 2.49. The van der Waals surface area contributed by atoms with Crippen LogP contribution in [-0.2, 0) is 0 Å². The van der Waals surface area contributed by atoms with Gasteiger partial charge in [0.15, 0.2) is 5.78 Å². The molecule has 1 unspecified atom stereocenters. The number of carbonyl (C=O) groups excluding carboxylic acids is 1. The van der Waals surface area contributed by atoms with E-state index in [0.717, 1.165) is 11.3 Å². The van der Waals surface area contributed by atoms with Crippen molar-refractivity contribution in [3.8, 4) is 5.75 Å². The minimum Gasteiger partial charge on any atom is -0.492 e. The molecule has 0 amide bonds. The highest BCUT2D eigenvalue weighted by Gasteiger charge is 2.24. The molecule has 1 aromatic carbocycles. The monoisotopic (exact) mass is 162 g/mol. The quantitative estimate of drug-likeness (QED) is 0.582. The van der Waals surface area contributed by atoms with E-state index in [0.29, 0.717) is 6.61 Å². The van der Waals surface area contributed by atoms with Gasteiger partial charge in [-0.05, 0) is 12.1 Å². The highest BCUT2D eigenvalue weighted by molar-refractivity contribution is 6.01. The van der Waals surface area contributed by atoms with Gasteiger partial charge in [0.25, 0.3) is 0 Å². The van der Waals surface area contributed by atoms with Gasteiger partial charge in [0.2, 0.25) is 0 Å². The summed E-state index contributed by atoms with van der Waals surface area (Å²) in [5.41, 5.74) is 0.719. The van der Waals surface area contributed by atoms with E-state index in [4.69, 9.17) is 4.74 Å². The Bertz CT molecular complexity index is 317. The Hall–Kier alpha value is -1.31. The number of Topliss-reactive ketones (excluding diaryl/α,β-unsaturated/α-hetero) is 1. The lowest BCUT2D eigenvalue weighted by Gasteiger charge is -2.20. The Morgan fingerprint density at radius 2 is 2.17 bits per heavy atom. The van der Waals surface area contributed by atoms with E-state index in [1.165, 1.54) is 0 Å². The SMILES string of the molecule is CC1COc2ccccc2C1=O. The molecular weight excluding hydrogens is 152 g/mol. The average molecular weight is 162 g/mol. The lowest BCUT2D eigenvalue weighted by Crippen LogP contribution is -2.24. The van der Waals surface area contributed by atoms with Gasteiger partial charge < -0.3 is 4.74 Å². The number of carbonyl (C=O) groups is 1. The molecule has 1 aliphatic rings. The van der Waals surface area contributed by atoms with Gasteiger partial charge in [0.05, 0.1) is 18.1 Å². The largest absolute Gasteiger partial charge is 0.492 e. The number of para-hydroxylation sites is 1. The van der Waals surface area contributed by atoms with Crippen LogP contribution in [0.15, 0.2) is 24.3 Å². The third-order valence-corrected chi connectivity index (χ3v) is 2.09. The molecule has 2 heteroatoms. The van der Waals surface area contributed by atoms with Crippen molar-refractivity contribution in [1.29, 1.82) is 0 Å². The molecule has 2 nitrogen and oxygen atoms in total. The molecule has 1 heterocycles. The normalized spacial score (nSPS) is 21.4. The second-order valence-electron chi connectivity index (χ2n) is 3.07. The molecule has 0 bridgehead atoms. The van der Waals surface area contributed by atoms with E-state index in [2.05, 4.69) is 0 Å². The van der Waals surface area contributed by atoms with Gasteiger partial charge in [0.1, 0.15) is 5.75 Å². The number of ether oxygens (including phenoxy) is 1. The van der Waals surface area contributed by atoms with Gasteiger partial charge in [-0.15, -0.1) is 0 Å². The van der Waals surface area contributed by atoms with Crippen molar-refractivity contribution >= 4 is 5.78 Å². The van der Waals surface area contributed by atoms with Crippen molar-refractivity contribution in [3.63, 3.8) is 0 Å². The predicted molar refractivity (Wildman–Crippen MR) is 45.4 cm³/mol. The number of fused-ring (bicyclic) bond motifs is 1. The van der Waals surface area contributed by atoms with E-state index in [1.54, 1.807) is 0 Å². The third-order valence-electron chi connectivity index (χ3n) is 2.09. The van der Waals surface area contributed by atoms with Crippen molar-refractivity contribution in [1.82, 2.24) is 0 Å². The zero-order valence-corrected chi connectivity index (χ0v) is 6.91. The maximum absolute atomic E-state index is 11.5. The number of benzene rings is 1. The molecule has 62 valence electrons. The lowest BCUT2D eigenvalue weighted by atomic mass is 9.97. The zero-order chi connectivity index (χ0) is 8.55. The van der Waals surface area contributed by atoms with Gasteiger partial charge in [-0.1, -0.05) is 19.1 Å². The first kappa shape index (κ1) is 7.35. The molecule has 2 rings (SSSR count). The highest BCUT2D eigenvalue weighted by Crippen LogP contribution is 2.26. The summed E-state index contributed by atoms with van der Waals surface area (Å²) in [7, 11) is 0. The molecule has 0 aliphatic carbocycles. The van der Waals surface area contributed by atoms with Crippen LogP contribution in [0.3, 0.4) is 0 Å². The maximum atomic E-state index is 11.5. The van der Waals surface area contributed by atoms with Crippen molar-refractivity contribution in [3.05, 3.63) is 29.8 Å². The molecule has 1 aliphatic heterocycles. The van der Waals surface area contributed by atoms with Gasteiger partial charge in [-0.25, -0.2) is 0 Å². The molecule has 0 saturated heterocycles. The molecule has 1 atom stereocenters. The number of ketones is 1. The first-order valence-corrected chi connectivity index (χ1v) is 4.05. The van der Waals surface area contributed by atoms with E-state index in [9.17, 15) is 4.79 Å². The zero-order valence-electron chi connectivity index (χ0n) is 6.91. The van der Waals surface area contributed by atoms with Gasteiger partial charge in [0, 0.05) is 0 Å². The van der Waals surface area contributed by atoms with Crippen LogP contribution in [0.25, 0.3) is 0 Å². The van der Waals surface area contributed by atoms with Crippen molar-refractivity contribution in [2.24, 2.45) is 5.92 Å². The predicted octanol–water partition coefficient (Wildman–Crippen LogP) is 1.90. The van der Waals surface area contributed by atoms with Crippen molar-refractivity contribution in [2.45, 2.75) is 6.92 Å². The Labute approximate surface area is 71.2 Å². The van der Waals surface area contributed by atoms with Crippen LogP contribution in [0.1, 0.15) is 17.3 Å². The van der Waals surface area contributed by atoms with Gasteiger partial charge in [-0.2, -0.15) is 0 Å². The van der Waals surface area contributed by atoms with Crippen LogP contribution in [0, 0.1) is 5.92 Å². The molecule has 0 aromatic heterocycles. The van der Waals surface area contributed by atoms with Crippen LogP contribution in [0.2, 0.25) is 0 Å². The van der Waals surface area contributed by atoms with Crippen LogP contribution >= 0.6 is 0 Å². The lowest BCUT2D eigenvalue weighted by molar-refractivity contribution is 0.0849. The molecule has 0 saturated carbocycles. The number of rotatable bonds is 0. The second-order valence-corrected chi connectivity index (χ2v) is 3.07. The fraction of sp³-hybridized carbons (Fsp3) is 0.300. The first-order valence-electron chi connectivity index (χ1n) is 4.05. The van der Waals surface area contributed by atoms with Crippen LogP contribution in [0.4, 0.5) is 0 Å². The minimum absolute atomic E-state index is 0.0000926. The number of hydrogen-bond donors (Lipinski definition) is 0. The van der Waals surface area contributed by atoms with E-state index < -0.39 is 0 Å². The summed E-state index contributed by atoms with van der Waals surface area (Å²) in [6.07, 6.45) is 0. The van der Waals surface area contributed by atoms with Crippen LogP contribution in [-0.4, -0.2) is 12.4 Å². The first-order chi connectivity index (χ1) is 5.79. The summed E-state index contributed by atoms with van der Waals surface area (Å²) in [6.45, 7) is 2.40. The standard InChI is InChI=1S/C10H10O2/c1-7-6-12-9-5-3-2-4-8(9)10(7)11/h2-5,7H,6H2,1H3. The molecule has 0 spiro atoms. The van der Waals surface area contributed by atoms with E-state index in [1.807, 2.05) is 31.2 Å². The molecule has 0 fully saturated rings. The fourth-order valence-corrected chi connectivity index (χ4v) is 1.35. The fourth-order valence-electron chi connectivity index (χ4n) is 1.35. The van der Waals surface area contributed by atoms with Crippen molar-refractivity contribution in [2.75, 3.05) is 6.61 Å². The van der Waals surface area contributed by atoms with Gasteiger partial charge >= 0.3 is 0 Å². The van der Waals surface area contributed by atoms with Crippen molar-refractivity contribution < 1.29 is 9.53 Å². The van der Waals surface area contributed by atoms with Crippen LogP contribution in [0.5, 0.6) is 5.75 Å². The summed E-state index contributed by atoms with van der Waals surface area (Å²) in [5, 5.41) is 0. The Morgan fingerprint density at radius 3 is 3.00 bits per heavy atom. The molecular formula is C10H10O2. The number of hydrogen-bond acceptors (Lipinski definition) is 2. The smallest absolute Gasteiger partial charge is 0.172 e. The second kappa shape index (κ2) is 2.63.